The van der Waals surface area contributed by atoms with Crippen molar-refractivity contribution in [2.45, 2.75) is 13.3 Å². The van der Waals surface area contributed by atoms with E-state index >= 15 is 4.39 Å². The Morgan fingerprint density at radius 2 is 2.00 bits per heavy atom. The van der Waals surface area contributed by atoms with Gasteiger partial charge in [0.25, 0.3) is 5.89 Å². The van der Waals surface area contributed by atoms with Gasteiger partial charge in [-0.15, -0.1) is 21.5 Å². The number of hydrogen-bond donors (Lipinski definition) is 1. The molecule has 0 radical (unpaired) electrons. The first-order valence-corrected chi connectivity index (χ1v) is 11.9. The van der Waals surface area contributed by atoms with Crippen molar-refractivity contribution in [2.24, 2.45) is 0 Å². The molecule has 2 N–H and O–H groups in total. The van der Waals surface area contributed by atoms with Crippen LogP contribution in [0.2, 0.25) is 10.0 Å². The van der Waals surface area contributed by atoms with Crippen LogP contribution in [0.4, 0.5) is 10.1 Å². The number of pyridine rings is 1. The molecule has 7 nitrogen and oxygen atoms in total. The predicted octanol–water partition coefficient (Wildman–Crippen LogP) is 6.97. The predicted molar refractivity (Wildman–Crippen MR) is 134 cm³/mol. The largest absolute Gasteiger partial charge is 0.453 e. The van der Waals surface area contributed by atoms with Gasteiger partial charge in [-0.25, -0.2) is 9.37 Å². The maximum Gasteiger partial charge on any atom is 0.259 e. The number of hydrogen-bond acceptors (Lipinski definition) is 8. The first kappa shape index (κ1) is 23.2. The second-order valence-corrected chi connectivity index (χ2v) is 9.37. The molecule has 35 heavy (non-hydrogen) atoms. The van der Waals surface area contributed by atoms with E-state index in [-0.39, 0.29) is 34.4 Å². The van der Waals surface area contributed by atoms with E-state index in [2.05, 4.69) is 20.2 Å². The zero-order valence-corrected chi connectivity index (χ0v) is 20.5. The Kier molecular flexibility index (Phi) is 6.38. The summed E-state index contributed by atoms with van der Waals surface area (Å²) in [6.07, 6.45) is 3.48. The molecule has 0 fully saturated rings. The first-order valence-electron chi connectivity index (χ1n) is 10.3. The molecule has 0 unspecified atom stereocenters. The highest BCUT2D eigenvalue weighted by Gasteiger charge is 2.20. The minimum atomic E-state index is -0.649. The Labute approximate surface area is 213 Å². The van der Waals surface area contributed by atoms with Gasteiger partial charge in [-0.05, 0) is 37.3 Å². The van der Waals surface area contributed by atoms with Crippen molar-refractivity contribution in [1.29, 1.82) is 0 Å². The molecule has 0 aliphatic rings. The fourth-order valence-corrected chi connectivity index (χ4v) is 4.75. The van der Waals surface area contributed by atoms with Gasteiger partial charge in [-0.2, -0.15) is 0 Å². The second-order valence-electron chi connectivity index (χ2n) is 7.52. The van der Waals surface area contributed by atoms with Crippen molar-refractivity contribution in [3.63, 3.8) is 0 Å². The van der Waals surface area contributed by atoms with Gasteiger partial charge >= 0.3 is 0 Å². The number of nitrogens with two attached hydrogens (primary N) is 1. The van der Waals surface area contributed by atoms with E-state index in [1.165, 1.54) is 29.5 Å². The Morgan fingerprint density at radius 1 is 1.14 bits per heavy atom. The Morgan fingerprint density at radius 3 is 2.77 bits per heavy atom. The highest BCUT2D eigenvalue weighted by atomic mass is 35.5. The van der Waals surface area contributed by atoms with E-state index in [1.54, 1.807) is 24.5 Å². The summed E-state index contributed by atoms with van der Waals surface area (Å²) in [4.78, 5) is 9.44. The average molecular weight is 528 g/mol. The Balaban J connectivity index is 1.40. The van der Waals surface area contributed by atoms with Crippen molar-refractivity contribution >= 4 is 40.2 Å². The van der Waals surface area contributed by atoms with E-state index in [0.717, 1.165) is 21.1 Å². The molecule has 3 aromatic heterocycles. The number of thiazole rings is 1. The molecule has 2 aromatic carbocycles. The van der Waals surface area contributed by atoms with E-state index in [9.17, 15) is 0 Å². The minimum Gasteiger partial charge on any atom is -0.453 e. The van der Waals surface area contributed by atoms with Crippen LogP contribution in [0.15, 0.2) is 59.3 Å². The van der Waals surface area contributed by atoms with Crippen molar-refractivity contribution < 1.29 is 13.5 Å². The summed E-state index contributed by atoms with van der Waals surface area (Å²) in [5, 5.41) is 9.47. The second kappa shape index (κ2) is 9.61. The summed E-state index contributed by atoms with van der Waals surface area (Å²) >= 11 is 13.6. The van der Waals surface area contributed by atoms with Crippen LogP contribution in [-0.2, 0) is 6.42 Å². The van der Waals surface area contributed by atoms with Crippen LogP contribution in [0, 0.1) is 12.7 Å². The van der Waals surface area contributed by atoms with E-state index in [4.69, 9.17) is 38.1 Å². The van der Waals surface area contributed by atoms with Gasteiger partial charge in [0.1, 0.15) is 15.6 Å². The molecule has 176 valence electrons. The topological polar surface area (TPSA) is 100.0 Å². The number of ether oxygens (including phenoxy) is 1. The van der Waals surface area contributed by atoms with Crippen LogP contribution in [-0.4, -0.2) is 20.2 Å². The third-order valence-corrected chi connectivity index (χ3v) is 6.66. The summed E-state index contributed by atoms with van der Waals surface area (Å²) in [5.41, 5.74) is 8.08. The van der Waals surface area contributed by atoms with Crippen LogP contribution < -0.4 is 10.5 Å². The summed E-state index contributed by atoms with van der Waals surface area (Å²) in [7, 11) is 0. The number of nitrogen functional groups attached to an aromatic ring is 1. The molecule has 5 aromatic rings. The summed E-state index contributed by atoms with van der Waals surface area (Å²) in [6, 6.07) is 11.4. The lowest BCUT2D eigenvalue weighted by atomic mass is 10.1. The quantitative estimate of drug-likeness (QED) is 0.238. The van der Waals surface area contributed by atoms with E-state index < -0.39 is 5.82 Å². The fraction of sp³-hybridized carbons (Fsp3) is 0.0833. The lowest BCUT2D eigenvalue weighted by Crippen LogP contribution is -1.98. The number of rotatable bonds is 6. The SMILES string of the molecule is Cc1nc(-c2cccnc2)sc1-c1nnc(Cc2ccc(Cl)c(Oc3cc(N)cc(Cl)c3)c2F)o1. The zero-order valence-electron chi connectivity index (χ0n) is 18.1. The molecule has 0 saturated heterocycles. The molecule has 0 aliphatic carbocycles. The number of aromatic nitrogens is 4. The van der Waals surface area contributed by atoms with Gasteiger partial charge in [0.05, 0.1) is 17.1 Å². The third-order valence-electron chi connectivity index (χ3n) is 4.95. The lowest BCUT2D eigenvalue weighted by Gasteiger charge is -2.12. The fourth-order valence-electron chi connectivity index (χ4n) is 3.35. The molecular weight excluding hydrogens is 512 g/mol. The average Bonchev–Trinajstić information content (AvgIpc) is 3.45. The van der Waals surface area contributed by atoms with Crippen LogP contribution in [0.5, 0.6) is 11.5 Å². The zero-order chi connectivity index (χ0) is 24.5. The molecule has 0 spiro atoms. The molecule has 0 aliphatic heterocycles. The minimum absolute atomic E-state index is 0.0390. The molecule has 0 atom stereocenters. The third kappa shape index (κ3) is 4.97. The van der Waals surface area contributed by atoms with E-state index in [1.807, 2.05) is 19.1 Å². The Hall–Kier alpha value is -3.53. The smallest absolute Gasteiger partial charge is 0.259 e. The van der Waals surface area contributed by atoms with Gasteiger partial charge in [-0.1, -0.05) is 29.3 Å². The van der Waals surface area contributed by atoms with Crippen molar-refractivity contribution in [3.05, 3.63) is 87.9 Å². The van der Waals surface area contributed by atoms with Gasteiger partial charge in [0.15, 0.2) is 11.6 Å². The molecule has 5 rings (SSSR count). The maximum absolute atomic E-state index is 15.3. The standard InChI is InChI=1S/C24H16Cl2FN5O2S/c1-12-22(35-24(30-12)14-3-2-6-29-11-14)23-32-31-19(34-23)7-13-4-5-18(26)21(20(13)27)33-17-9-15(25)8-16(28)10-17/h2-6,8-11H,7,28H2,1H3. The highest BCUT2D eigenvalue weighted by Crippen LogP contribution is 2.37. The normalized spacial score (nSPS) is 11.1. The molecule has 11 heteroatoms. The van der Waals surface area contributed by atoms with Crippen molar-refractivity contribution in [1.82, 2.24) is 20.2 Å². The first-order chi connectivity index (χ1) is 16.9. The molecular formula is C24H16Cl2FN5O2S. The van der Waals surface area contributed by atoms with Crippen LogP contribution >= 0.6 is 34.5 Å². The maximum atomic E-state index is 15.3. The van der Waals surface area contributed by atoms with Gasteiger partial charge in [0.2, 0.25) is 5.89 Å². The molecule has 0 amide bonds. The molecule has 0 saturated carbocycles. The van der Waals surface area contributed by atoms with Gasteiger partial charge in [-0.3, -0.25) is 4.98 Å². The summed E-state index contributed by atoms with van der Waals surface area (Å²) < 4.78 is 26.8. The number of halogens is 3. The van der Waals surface area contributed by atoms with Crippen molar-refractivity contribution in [3.8, 4) is 32.8 Å². The van der Waals surface area contributed by atoms with Gasteiger partial charge in [0, 0.05) is 40.3 Å². The molecule has 3 heterocycles. The number of aryl methyl sites for hydroxylation is 1. The van der Waals surface area contributed by atoms with E-state index in [0.29, 0.717) is 16.6 Å². The van der Waals surface area contributed by atoms with Crippen LogP contribution in [0.1, 0.15) is 17.1 Å². The number of anilines is 1. The highest BCUT2D eigenvalue weighted by molar-refractivity contribution is 7.18. The number of benzene rings is 2. The summed E-state index contributed by atoms with van der Waals surface area (Å²) in [5.74, 6) is 0.00650. The van der Waals surface area contributed by atoms with Crippen LogP contribution in [0.3, 0.4) is 0 Å². The van der Waals surface area contributed by atoms with Crippen LogP contribution in [0.25, 0.3) is 21.3 Å². The summed E-state index contributed by atoms with van der Waals surface area (Å²) in [6.45, 7) is 1.86. The Bertz CT molecular complexity index is 1500. The monoisotopic (exact) mass is 527 g/mol. The number of nitrogens with zero attached hydrogens (tertiary/aromatic N) is 4. The van der Waals surface area contributed by atoms with Crippen molar-refractivity contribution in [2.75, 3.05) is 5.73 Å². The van der Waals surface area contributed by atoms with Gasteiger partial charge < -0.3 is 14.9 Å². The lowest BCUT2D eigenvalue weighted by molar-refractivity contribution is 0.437. The molecule has 0 bridgehead atoms.